The summed E-state index contributed by atoms with van der Waals surface area (Å²) in [6, 6.07) is 9.05. The summed E-state index contributed by atoms with van der Waals surface area (Å²) in [6.45, 7) is 5.32. The molecule has 1 fully saturated rings. The third kappa shape index (κ3) is 3.74. The molecule has 1 atom stereocenters. The van der Waals surface area contributed by atoms with Gasteiger partial charge in [-0.05, 0) is 51.3 Å². The summed E-state index contributed by atoms with van der Waals surface area (Å²) in [5, 5.41) is 3.59. The zero-order valence-corrected chi connectivity index (χ0v) is 10.9. The SMILES string of the molecule is CC(C)Oc1ccccc1CC1CCCCN1. The van der Waals surface area contributed by atoms with E-state index in [4.69, 9.17) is 4.74 Å². The molecule has 0 aromatic heterocycles. The molecule has 1 N–H and O–H groups in total. The molecule has 0 spiro atoms. The van der Waals surface area contributed by atoms with Crippen molar-refractivity contribution >= 4 is 0 Å². The van der Waals surface area contributed by atoms with Gasteiger partial charge in [-0.15, -0.1) is 0 Å². The van der Waals surface area contributed by atoms with E-state index in [9.17, 15) is 0 Å². The summed E-state index contributed by atoms with van der Waals surface area (Å²) in [4.78, 5) is 0. The first kappa shape index (κ1) is 12.4. The fraction of sp³-hybridized carbons (Fsp3) is 0.600. The average molecular weight is 233 g/mol. The van der Waals surface area contributed by atoms with Gasteiger partial charge in [-0.25, -0.2) is 0 Å². The molecular formula is C15H23NO. The van der Waals surface area contributed by atoms with E-state index < -0.39 is 0 Å². The molecule has 1 aliphatic heterocycles. The van der Waals surface area contributed by atoms with Gasteiger partial charge in [0.05, 0.1) is 6.10 Å². The van der Waals surface area contributed by atoms with Crippen molar-refractivity contribution in [3.05, 3.63) is 29.8 Å². The third-order valence-corrected chi connectivity index (χ3v) is 3.21. The van der Waals surface area contributed by atoms with Crippen molar-refractivity contribution < 1.29 is 4.74 Å². The molecule has 2 heteroatoms. The van der Waals surface area contributed by atoms with Crippen LogP contribution in [0.2, 0.25) is 0 Å². The van der Waals surface area contributed by atoms with Crippen LogP contribution in [0.25, 0.3) is 0 Å². The Hall–Kier alpha value is -1.02. The highest BCUT2D eigenvalue weighted by Gasteiger charge is 2.15. The van der Waals surface area contributed by atoms with Crippen LogP contribution in [0.4, 0.5) is 0 Å². The predicted molar refractivity (Wildman–Crippen MR) is 71.6 cm³/mol. The molecule has 0 radical (unpaired) electrons. The lowest BCUT2D eigenvalue weighted by Crippen LogP contribution is -2.35. The van der Waals surface area contributed by atoms with Crippen molar-refractivity contribution in [2.75, 3.05) is 6.54 Å². The van der Waals surface area contributed by atoms with E-state index in [1.54, 1.807) is 0 Å². The second-order valence-electron chi connectivity index (χ2n) is 5.13. The second kappa shape index (κ2) is 6.06. The van der Waals surface area contributed by atoms with Gasteiger partial charge in [0.2, 0.25) is 0 Å². The van der Waals surface area contributed by atoms with E-state index in [-0.39, 0.29) is 6.10 Å². The fourth-order valence-corrected chi connectivity index (χ4v) is 2.41. The molecule has 17 heavy (non-hydrogen) atoms. The van der Waals surface area contributed by atoms with Gasteiger partial charge < -0.3 is 10.1 Å². The normalized spacial score (nSPS) is 20.5. The zero-order chi connectivity index (χ0) is 12.1. The molecule has 1 saturated heterocycles. The third-order valence-electron chi connectivity index (χ3n) is 3.21. The lowest BCUT2D eigenvalue weighted by Gasteiger charge is -2.24. The van der Waals surface area contributed by atoms with Gasteiger partial charge in [-0.2, -0.15) is 0 Å². The number of benzene rings is 1. The van der Waals surface area contributed by atoms with Crippen LogP contribution < -0.4 is 10.1 Å². The van der Waals surface area contributed by atoms with Crippen LogP contribution >= 0.6 is 0 Å². The Labute approximate surface area is 104 Å². The van der Waals surface area contributed by atoms with Gasteiger partial charge in [0, 0.05) is 6.04 Å². The molecule has 94 valence electrons. The number of hydrogen-bond donors (Lipinski definition) is 1. The summed E-state index contributed by atoms with van der Waals surface area (Å²) in [7, 11) is 0. The minimum absolute atomic E-state index is 0.246. The van der Waals surface area contributed by atoms with E-state index in [2.05, 4.69) is 43.4 Å². The summed E-state index contributed by atoms with van der Waals surface area (Å²) in [5.74, 6) is 1.05. The van der Waals surface area contributed by atoms with Crippen molar-refractivity contribution in [1.82, 2.24) is 5.32 Å². The van der Waals surface area contributed by atoms with Crippen LogP contribution in [0.15, 0.2) is 24.3 Å². The topological polar surface area (TPSA) is 21.3 Å². The Morgan fingerprint density at radius 1 is 1.29 bits per heavy atom. The second-order valence-corrected chi connectivity index (χ2v) is 5.13. The molecule has 1 aliphatic rings. The first-order valence-electron chi connectivity index (χ1n) is 6.73. The smallest absolute Gasteiger partial charge is 0.122 e. The number of nitrogens with one attached hydrogen (secondary N) is 1. The minimum Gasteiger partial charge on any atom is -0.491 e. The maximum atomic E-state index is 5.86. The number of rotatable bonds is 4. The van der Waals surface area contributed by atoms with E-state index in [0.717, 1.165) is 18.7 Å². The van der Waals surface area contributed by atoms with Crippen LogP contribution in [0, 0.1) is 0 Å². The Bertz CT molecular complexity index is 343. The Kier molecular flexibility index (Phi) is 4.43. The molecule has 1 aromatic rings. The number of para-hydroxylation sites is 1. The van der Waals surface area contributed by atoms with Crippen molar-refractivity contribution in [3.8, 4) is 5.75 Å². The number of piperidine rings is 1. The quantitative estimate of drug-likeness (QED) is 0.862. The van der Waals surface area contributed by atoms with Gasteiger partial charge in [-0.1, -0.05) is 24.6 Å². The number of ether oxygens (including phenoxy) is 1. The largest absolute Gasteiger partial charge is 0.491 e. The van der Waals surface area contributed by atoms with Gasteiger partial charge in [0.15, 0.2) is 0 Å². The molecule has 1 heterocycles. The van der Waals surface area contributed by atoms with Crippen molar-refractivity contribution in [2.24, 2.45) is 0 Å². The Morgan fingerprint density at radius 2 is 2.12 bits per heavy atom. The highest BCUT2D eigenvalue weighted by atomic mass is 16.5. The molecule has 0 aliphatic carbocycles. The number of hydrogen-bond acceptors (Lipinski definition) is 2. The molecule has 0 saturated carbocycles. The molecule has 2 nitrogen and oxygen atoms in total. The maximum Gasteiger partial charge on any atom is 0.122 e. The average Bonchev–Trinajstić information content (AvgIpc) is 2.32. The van der Waals surface area contributed by atoms with Gasteiger partial charge in [0.1, 0.15) is 5.75 Å². The highest BCUT2D eigenvalue weighted by Crippen LogP contribution is 2.22. The first-order valence-corrected chi connectivity index (χ1v) is 6.73. The zero-order valence-electron chi connectivity index (χ0n) is 10.9. The standard InChI is InChI=1S/C15H23NO/c1-12(2)17-15-9-4-3-7-13(15)11-14-8-5-6-10-16-14/h3-4,7,9,12,14,16H,5-6,8,10-11H2,1-2H3. The van der Waals surface area contributed by atoms with E-state index in [0.29, 0.717) is 6.04 Å². The monoisotopic (exact) mass is 233 g/mol. The van der Waals surface area contributed by atoms with Crippen LogP contribution in [-0.4, -0.2) is 18.7 Å². The Balaban J connectivity index is 2.03. The summed E-state index contributed by atoms with van der Waals surface area (Å²) in [5.41, 5.74) is 1.33. The van der Waals surface area contributed by atoms with Gasteiger partial charge >= 0.3 is 0 Å². The lowest BCUT2D eigenvalue weighted by atomic mass is 9.97. The molecule has 0 bridgehead atoms. The van der Waals surface area contributed by atoms with Crippen LogP contribution in [0.5, 0.6) is 5.75 Å². The highest BCUT2D eigenvalue weighted by molar-refractivity contribution is 5.34. The van der Waals surface area contributed by atoms with Crippen molar-refractivity contribution in [3.63, 3.8) is 0 Å². The van der Waals surface area contributed by atoms with Crippen molar-refractivity contribution in [2.45, 2.75) is 51.7 Å². The van der Waals surface area contributed by atoms with Crippen LogP contribution in [-0.2, 0) is 6.42 Å². The van der Waals surface area contributed by atoms with Gasteiger partial charge in [0.25, 0.3) is 0 Å². The van der Waals surface area contributed by atoms with Gasteiger partial charge in [-0.3, -0.25) is 0 Å². The molecular weight excluding hydrogens is 210 g/mol. The fourth-order valence-electron chi connectivity index (χ4n) is 2.41. The van der Waals surface area contributed by atoms with E-state index in [1.165, 1.54) is 24.8 Å². The van der Waals surface area contributed by atoms with E-state index >= 15 is 0 Å². The summed E-state index contributed by atoms with van der Waals surface area (Å²) in [6.07, 6.45) is 5.29. The lowest BCUT2D eigenvalue weighted by molar-refractivity contribution is 0.238. The summed E-state index contributed by atoms with van der Waals surface area (Å²) >= 11 is 0. The summed E-state index contributed by atoms with van der Waals surface area (Å²) < 4.78 is 5.86. The van der Waals surface area contributed by atoms with E-state index in [1.807, 2.05) is 0 Å². The first-order chi connectivity index (χ1) is 8.25. The van der Waals surface area contributed by atoms with Crippen LogP contribution in [0.1, 0.15) is 38.7 Å². The molecule has 1 aromatic carbocycles. The molecule has 0 amide bonds. The van der Waals surface area contributed by atoms with Crippen LogP contribution in [0.3, 0.4) is 0 Å². The molecule has 2 rings (SSSR count). The maximum absolute atomic E-state index is 5.86. The predicted octanol–water partition coefficient (Wildman–Crippen LogP) is 3.16. The molecule has 1 unspecified atom stereocenters. The Morgan fingerprint density at radius 3 is 2.82 bits per heavy atom. The van der Waals surface area contributed by atoms with Crippen molar-refractivity contribution in [1.29, 1.82) is 0 Å². The minimum atomic E-state index is 0.246.